The number of halogens is 1. The summed E-state index contributed by atoms with van der Waals surface area (Å²) in [6.45, 7) is 3.77. The number of aliphatic imine (C=N–C) groups is 1. The standard InChI is InChI=1S/C23H23ClN4O3S2/c1-15-12-25-23(26-15)17-4-2-16(3-5-17)13-27-8-9-28(14-21(27)29)33(30,31)22-10-18-6-7-19(24)11-20(18)32-22/h2-7,10-11,15H,8-9,12-14H2,1H3,(H,25,26). The van der Waals surface area contributed by atoms with E-state index in [4.69, 9.17) is 11.6 Å². The lowest BCUT2D eigenvalue weighted by atomic mass is 10.1. The summed E-state index contributed by atoms with van der Waals surface area (Å²) in [5.74, 6) is 0.696. The number of benzene rings is 2. The van der Waals surface area contributed by atoms with Gasteiger partial charge in [-0.25, -0.2) is 8.42 Å². The van der Waals surface area contributed by atoms with Gasteiger partial charge in [0.05, 0.1) is 13.1 Å². The van der Waals surface area contributed by atoms with Crippen molar-refractivity contribution in [3.8, 4) is 0 Å². The van der Waals surface area contributed by atoms with Crippen LogP contribution in [0.3, 0.4) is 0 Å². The van der Waals surface area contributed by atoms with Gasteiger partial charge < -0.3 is 10.2 Å². The number of amides is 1. The molecule has 0 radical (unpaired) electrons. The Morgan fingerprint density at radius 3 is 2.64 bits per heavy atom. The Bertz CT molecular complexity index is 1350. The van der Waals surface area contributed by atoms with Gasteiger partial charge in [-0.1, -0.05) is 41.9 Å². The Morgan fingerprint density at radius 1 is 1.15 bits per heavy atom. The van der Waals surface area contributed by atoms with Crippen LogP contribution in [-0.4, -0.2) is 61.6 Å². The molecule has 1 unspecified atom stereocenters. The number of piperazine rings is 1. The summed E-state index contributed by atoms with van der Waals surface area (Å²) < 4.78 is 28.6. The van der Waals surface area contributed by atoms with Crippen molar-refractivity contribution in [3.63, 3.8) is 0 Å². The molecule has 2 aliphatic heterocycles. The van der Waals surface area contributed by atoms with E-state index in [-0.39, 0.29) is 23.2 Å². The van der Waals surface area contributed by atoms with E-state index in [1.54, 1.807) is 29.2 Å². The van der Waals surface area contributed by atoms with Crippen molar-refractivity contribution in [2.45, 2.75) is 23.7 Å². The van der Waals surface area contributed by atoms with Crippen molar-refractivity contribution in [1.29, 1.82) is 0 Å². The average molecular weight is 503 g/mol. The lowest BCUT2D eigenvalue weighted by Gasteiger charge is -2.33. The Morgan fingerprint density at radius 2 is 1.94 bits per heavy atom. The molecule has 1 fully saturated rings. The maximum Gasteiger partial charge on any atom is 0.253 e. The maximum absolute atomic E-state index is 13.2. The summed E-state index contributed by atoms with van der Waals surface area (Å²) in [7, 11) is -3.74. The molecule has 1 amide bonds. The molecule has 33 heavy (non-hydrogen) atoms. The molecular formula is C23H23ClN4O3S2. The van der Waals surface area contributed by atoms with Crippen LogP contribution >= 0.6 is 22.9 Å². The quantitative estimate of drug-likeness (QED) is 0.580. The third kappa shape index (κ3) is 4.50. The van der Waals surface area contributed by atoms with E-state index < -0.39 is 10.0 Å². The molecule has 1 atom stereocenters. The third-order valence-corrected chi connectivity index (χ3v) is 9.47. The van der Waals surface area contributed by atoms with Gasteiger partial charge in [-0.3, -0.25) is 9.79 Å². The first kappa shape index (κ1) is 22.3. The van der Waals surface area contributed by atoms with E-state index in [1.807, 2.05) is 24.3 Å². The number of rotatable bonds is 5. The fraction of sp³-hybridized carbons (Fsp3) is 0.304. The molecular weight excluding hydrogens is 480 g/mol. The largest absolute Gasteiger partial charge is 0.366 e. The molecule has 1 aromatic heterocycles. The van der Waals surface area contributed by atoms with E-state index in [0.717, 1.165) is 33.6 Å². The normalized spacial score (nSPS) is 19.7. The van der Waals surface area contributed by atoms with Gasteiger partial charge in [-0.05, 0) is 36.1 Å². The van der Waals surface area contributed by atoms with Gasteiger partial charge in [0.25, 0.3) is 10.0 Å². The van der Waals surface area contributed by atoms with Crippen LogP contribution in [0.4, 0.5) is 0 Å². The minimum atomic E-state index is -3.74. The zero-order chi connectivity index (χ0) is 23.2. The second kappa shape index (κ2) is 8.72. The summed E-state index contributed by atoms with van der Waals surface area (Å²) in [6, 6.07) is 15.3. The number of carbonyl (C=O) groups is 1. The molecule has 3 heterocycles. The minimum absolute atomic E-state index is 0.159. The number of thiophene rings is 1. The number of hydrogen-bond donors (Lipinski definition) is 1. The van der Waals surface area contributed by atoms with Crippen LogP contribution in [0.15, 0.2) is 57.7 Å². The SMILES string of the molecule is CC1CN=C(c2ccc(CN3CCN(S(=O)(=O)c4cc5ccc(Cl)cc5s4)CC3=O)cc2)N1. The lowest BCUT2D eigenvalue weighted by molar-refractivity contribution is -0.134. The smallest absolute Gasteiger partial charge is 0.253 e. The first-order valence-electron chi connectivity index (χ1n) is 10.7. The summed E-state index contributed by atoms with van der Waals surface area (Å²) >= 11 is 7.20. The highest BCUT2D eigenvalue weighted by Crippen LogP contribution is 2.33. The molecule has 1 N–H and O–H groups in total. The number of nitrogens with one attached hydrogen (secondary N) is 1. The highest BCUT2D eigenvalue weighted by atomic mass is 35.5. The molecule has 0 spiro atoms. The van der Waals surface area contributed by atoms with Crippen molar-refractivity contribution < 1.29 is 13.2 Å². The highest BCUT2D eigenvalue weighted by Gasteiger charge is 2.34. The second-order valence-electron chi connectivity index (χ2n) is 8.33. The van der Waals surface area contributed by atoms with Crippen molar-refractivity contribution in [1.82, 2.24) is 14.5 Å². The van der Waals surface area contributed by atoms with Crippen LogP contribution in [0.5, 0.6) is 0 Å². The molecule has 1 saturated heterocycles. The summed E-state index contributed by atoms with van der Waals surface area (Å²) in [5, 5.41) is 4.72. The highest BCUT2D eigenvalue weighted by molar-refractivity contribution is 7.91. The van der Waals surface area contributed by atoms with Crippen molar-refractivity contribution in [2.24, 2.45) is 4.99 Å². The lowest BCUT2D eigenvalue weighted by Crippen LogP contribution is -2.51. The monoisotopic (exact) mass is 502 g/mol. The van der Waals surface area contributed by atoms with Crippen LogP contribution in [0.1, 0.15) is 18.1 Å². The first-order chi connectivity index (χ1) is 15.8. The zero-order valence-electron chi connectivity index (χ0n) is 18.0. The zero-order valence-corrected chi connectivity index (χ0v) is 20.4. The van der Waals surface area contributed by atoms with Gasteiger partial charge in [0, 0.05) is 41.0 Å². The molecule has 2 aromatic carbocycles. The van der Waals surface area contributed by atoms with Crippen LogP contribution in [0.2, 0.25) is 5.02 Å². The number of fused-ring (bicyclic) bond motifs is 1. The minimum Gasteiger partial charge on any atom is -0.366 e. The maximum atomic E-state index is 13.2. The van der Waals surface area contributed by atoms with E-state index >= 15 is 0 Å². The Hall–Kier alpha value is -2.46. The van der Waals surface area contributed by atoms with E-state index in [2.05, 4.69) is 17.2 Å². The number of nitrogens with zero attached hydrogens (tertiary/aromatic N) is 3. The number of hydrogen-bond acceptors (Lipinski definition) is 6. The number of sulfonamides is 1. The average Bonchev–Trinajstić information content (AvgIpc) is 3.42. The Labute approximate surface area is 201 Å². The van der Waals surface area contributed by atoms with E-state index in [9.17, 15) is 13.2 Å². The fourth-order valence-electron chi connectivity index (χ4n) is 4.01. The predicted molar refractivity (Wildman–Crippen MR) is 131 cm³/mol. The van der Waals surface area contributed by atoms with Gasteiger partial charge in [0.2, 0.25) is 5.91 Å². The topological polar surface area (TPSA) is 82.1 Å². The fourth-order valence-corrected chi connectivity index (χ4v) is 7.22. The van der Waals surface area contributed by atoms with E-state index in [0.29, 0.717) is 24.2 Å². The van der Waals surface area contributed by atoms with Gasteiger partial charge >= 0.3 is 0 Å². The van der Waals surface area contributed by atoms with Gasteiger partial charge in [-0.15, -0.1) is 11.3 Å². The Balaban J connectivity index is 1.25. The van der Waals surface area contributed by atoms with Crippen molar-refractivity contribution in [2.75, 3.05) is 26.2 Å². The summed E-state index contributed by atoms with van der Waals surface area (Å²) in [4.78, 5) is 19.0. The molecule has 5 rings (SSSR count). The van der Waals surface area contributed by atoms with Crippen molar-refractivity contribution >= 4 is 54.8 Å². The van der Waals surface area contributed by atoms with Crippen LogP contribution in [0, 0.1) is 0 Å². The van der Waals surface area contributed by atoms with Crippen LogP contribution < -0.4 is 5.32 Å². The molecule has 0 aliphatic carbocycles. The molecule has 172 valence electrons. The van der Waals surface area contributed by atoms with E-state index in [1.165, 1.54) is 15.6 Å². The Kier molecular flexibility index (Phi) is 5.90. The molecule has 0 saturated carbocycles. The van der Waals surface area contributed by atoms with Gasteiger partial charge in [0.1, 0.15) is 10.0 Å². The van der Waals surface area contributed by atoms with Gasteiger partial charge in [-0.2, -0.15) is 4.31 Å². The summed E-state index contributed by atoms with van der Waals surface area (Å²) in [5.41, 5.74) is 2.02. The predicted octanol–water partition coefficient (Wildman–Crippen LogP) is 3.33. The molecule has 3 aromatic rings. The third-order valence-electron chi connectivity index (χ3n) is 5.84. The summed E-state index contributed by atoms with van der Waals surface area (Å²) in [6.07, 6.45) is 0. The van der Waals surface area contributed by atoms with Crippen molar-refractivity contribution in [3.05, 3.63) is 64.7 Å². The number of carbonyl (C=O) groups excluding carboxylic acids is 1. The second-order valence-corrected chi connectivity index (χ2v) is 12.0. The molecule has 7 nitrogen and oxygen atoms in total. The number of amidine groups is 1. The van der Waals surface area contributed by atoms with Crippen LogP contribution in [0.25, 0.3) is 10.1 Å². The molecule has 2 aliphatic rings. The van der Waals surface area contributed by atoms with Crippen LogP contribution in [-0.2, 0) is 21.4 Å². The first-order valence-corrected chi connectivity index (χ1v) is 13.3. The van der Waals surface area contributed by atoms with Gasteiger partial charge in [0.15, 0.2) is 0 Å². The molecule has 0 bridgehead atoms. The molecule has 10 heteroatoms.